The van der Waals surface area contributed by atoms with E-state index in [-0.39, 0.29) is 19.5 Å². The molecule has 0 radical (unpaired) electrons. The van der Waals surface area contributed by atoms with Crippen LogP contribution in [0.2, 0.25) is 0 Å². The van der Waals surface area contributed by atoms with Crippen molar-refractivity contribution in [1.29, 1.82) is 0 Å². The molecule has 0 aromatic carbocycles. The number of carbonyl (C=O) groups excluding carboxylic acids is 2. The summed E-state index contributed by atoms with van der Waals surface area (Å²) in [6, 6.07) is 0. The van der Waals surface area contributed by atoms with Crippen LogP contribution in [0.15, 0.2) is 0 Å². The summed E-state index contributed by atoms with van der Waals surface area (Å²) >= 11 is 0. The average Bonchev–Trinajstić information content (AvgIpc) is 1.61. The third-order valence-corrected chi connectivity index (χ3v) is 0.178. The Hall–Kier alpha value is -0.837. The Kier molecular flexibility index (Phi) is 6.50. The van der Waals surface area contributed by atoms with Crippen LogP contribution in [0.3, 0.4) is 0 Å². The molecule has 0 rings (SSSR count). The maximum Gasteiger partial charge on any atom is 2.00 e. The van der Waals surface area contributed by atoms with E-state index in [2.05, 4.69) is 9.78 Å². The molecule has 0 aliphatic carbocycles. The number of hydrogen-bond acceptors (Lipinski definition) is 6. The molecule has 0 bridgehead atoms. The Labute approximate surface area is 62.1 Å². The van der Waals surface area contributed by atoms with E-state index in [0.717, 1.165) is 0 Å². The molecule has 0 aliphatic rings. The molecular formula is C2O6Zn. The van der Waals surface area contributed by atoms with Gasteiger partial charge in [0.2, 0.25) is 0 Å². The van der Waals surface area contributed by atoms with Crippen LogP contribution in [-0.4, -0.2) is 12.3 Å². The predicted molar refractivity (Wildman–Crippen MR) is 13.0 cm³/mol. The summed E-state index contributed by atoms with van der Waals surface area (Å²) in [6.07, 6.45) is -4.18. The van der Waals surface area contributed by atoms with Crippen LogP contribution in [0.5, 0.6) is 0 Å². The van der Waals surface area contributed by atoms with Gasteiger partial charge < -0.3 is 29.6 Å². The van der Waals surface area contributed by atoms with E-state index in [1.807, 2.05) is 0 Å². The van der Waals surface area contributed by atoms with Crippen molar-refractivity contribution in [2.75, 3.05) is 0 Å². The van der Waals surface area contributed by atoms with Crippen molar-refractivity contribution in [3.05, 3.63) is 0 Å². The monoisotopic (exact) mass is 184 g/mol. The summed E-state index contributed by atoms with van der Waals surface area (Å²) in [4.78, 5) is 24.2. The fraction of sp³-hybridized carbons (Fsp3) is 0. The van der Waals surface area contributed by atoms with Gasteiger partial charge in [-0.2, -0.15) is 0 Å². The van der Waals surface area contributed by atoms with Crippen LogP contribution in [-0.2, 0) is 29.3 Å². The summed E-state index contributed by atoms with van der Waals surface area (Å²) in [5.74, 6) is 0. The third-order valence-electron chi connectivity index (χ3n) is 0.178. The Morgan fingerprint density at radius 2 is 1.22 bits per heavy atom. The first-order valence-corrected chi connectivity index (χ1v) is 1.39. The second-order valence-corrected chi connectivity index (χ2v) is 0.667. The molecule has 9 heavy (non-hydrogen) atoms. The van der Waals surface area contributed by atoms with E-state index >= 15 is 0 Å². The minimum absolute atomic E-state index is 0. The van der Waals surface area contributed by atoms with Crippen LogP contribution in [0.25, 0.3) is 0 Å². The number of rotatable bonds is 0. The van der Waals surface area contributed by atoms with Crippen molar-refractivity contribution in [2.45, 2.75) is 0 Å². The Morgan fingerprint density at radius 1 is 1.00 bits per heavy atom. The fourth-order valence-electron chi connectivity index (χ4n) is 0.0680. The van der Waals surface area contributed by atoms with Crippen molar-refractivity contribution in [3.8, 4) is 0 Å². The van der Waals surface area contributed by atoms with E-state index in [0.29, 0.717) is 0 Å². The second-order valence-electron chi connectivity index (χ2n) is 0.667. The van der Waals surface area contributed by atoms with Gasteiger partial charge >= 0.3 is 19.5 Å². The smallest absolute Gasteiger partial charge is 0.424 e. The van der Waals surface area contributed by atoms with Gasteiger partial charge in [-0.05, 0) is 0 Å². The van der Waals surface area contributed by atoms with Gasteiger partial charge in [0.25, 0.3) is 12.3 Å². The van der Waals surface area contributed by atoms with Gasteiger partial charge in [0.15, 0.2) is 0 Å². The topological polar surface area (TPSA) is 98.7 Å². The maximum atomic E-state index is 9.15. The van der Waals surface area contributed by atoms with Crippen LogP contribution >= 0.6 is 0 Å². The van der Waals surface area contributed by atoms with Gasteiger partial charge in [-0.25, -0.2) is 0 Å². The van der Waals surface area contributed by atoms with Gasteiger partial charge in [0.05, 0.1) is 0 Å². The summed E-state index contributed by atoms with van der Waals surface area (Å²) in [5.41, 5.74) is 0. The molecule has 0 heterocycles. The Bertz CT molecular complexity index is 95.6. The van der Waals surface area contributed by atoms with Gasteiger partial charge in [-0.3, -0.25) is 0 Å². The normalized spacial score (nSPS) is 6.67. The van der Waals surface area contributed by atoms with Gasteiger partial charge in [-0.1, -0.05) is 0 Å². The second kappa shape index (κ2) is 5.30. The Balaban J connectivity index is 0. The molecular weight excluding hydrogens is 185 g/mol. The van der Waals surface area contributed by atoms with Crippen molar-refractivity contribution >= 4 is 12.3 Å². The summed E-state index contributed by atoms with van der Waals surface area (Å²) in [6.45, 7) is 0. The van der Waals surface area contributed by atoms with Gasteiger partial charge in [-0.15, -0.1) is 0 Å². The van der Waals surface area contributed by atoms with E-state index in [1.54, 1.807) is 0 Å². The summed E-state index contributed by atoms with van der Waals surface area (Å²) < 4.78 is 0. The molecule has 0 spiro atoms. The molecule has 46 valence electrons. The van der Waals surface area contributed by atoms with Crippen molar-refractivity contribution in [1.82, 2.24) is 0 Å². The standard InChI is InChI=1S/C2H2O6.Zn/c3-1(4)7-8-2(5)6;/h(H,3,4)(H,5,6);/q;+2/p-2. The molecule has 0 N–H and O–H groups in total. The molecule has 0 aromatic heterocycles. The minimum atomic E-state index is -2.09. The first kappa shape index (κ1) is 11.0. The largest absolute Gasteiger partial charge is 2.00 e. The average molecular weight is 185 g/mol. The fourth-order valence-corrected chi connectivity index (χ4v) is 0.0680. The molecule has 0 aliphatic heterocycles. The molecule has 0 atom stereocenters. The quantitative estimate of drug-likeness (QED) is 0.237. The molecule has 0 fully saturated rings. The summed E-state index contributed by atoms with van der Waals surface area (Å²) in [5, 5.41) is 18.3. The third kappa shape index (κ3) is 11.0. The molecule has 0 aromatic rings. The van der Waals surface area contributed by atoms with Gasteiger partial charge in [0.1, 0.15) is 0 Å². The predicted octanol–water partition coefficient (Wildman–Crippen LogP) is -2.38. The minimum Gasteiger partial charge on any atom is -0.424 e. The number of hydrogen-bond donors (Lipinski definition) is 0. The van der Waals surface area contributed by atoms with Crippen LogP contribution < -0.4 is 10.2 Å². The summed E-state index contributed by atoms with van der Waals surface area (Å²) in [7, 11) is 0. The molecule has 0 saturated carbocycles. The molecule has 7 heteroatoms. The first-order chi connectivity index (χ1) is 3.63. The molecule has 0 amide bonds. The van der Waals surface area contributed by atoms with Crippen molar-refractivity contribution in [3.63, 3.8) is 0 Å². The van der Waals surface area contributed by atoms with E-state index in [9.17, 15) is 0 Å². The zero-order chi connectivity index (χ0) is 6.57. The molecule has 0 saturated heterocycles. The zero-order valence-corrected chi connectivity index (χ0v) is 7.12. The van der Waals surface area contributed by atoms with Crippen LogP contribution in [0.4, 0.5) is 9.59 Å². The van der Waals surface area contributed by atoms with E-state index in [1.165, 1.54) is 0 Å². The molecule has 0 unspecified atom stereocenters. The van der Waals surface area contributed by atoms with E-state index in [4.69, 9.17) is 19.8 Å². The zero-order valence-electron chi connectivity index (χ0n) is 4.16. The number of carbonyl (C=O) groups is 2. The maximum absolute atomic E-state index is 9.15. The van der Waals surface area contributed by atoms with Crippen LogP contribution in [0.1, 0.15) is 0 Å². The van der Waals surface area contributed by atoms with Crippen molar-refractivity contribution in [2.24, 2.45) is 0 Å². The van der Waals surface area contributed by atoms with Crippen molar-refractivity contribution < 1.29 is 49.1 Å². The van der Waals surface area contributed by atoms with Crippen LogP contribution in [0, 0.1) is 0 Å². The first-order valence-electron chi connectivity index (χ1n) is 1.39. The Morgan fingerprint density at radius 3 is 1.33 bits per heavy atom. The SMILES string of the molecule is O=C([O-])OOC(=O)[O-].[Zn+2]. The number of carboxylic acid groups (broad SMARTS) is 2. The molecule has 6 nitrogen and oxygen atoms in total. The van der Waals surface area contributed by atoms with Gasteiger partial charge in [0, 0.05) is 0 Å². The van der Waals surface area contributed by atoms with E-state index < -0.39 is 12.3 Å².